The molecule has 0 unspecified atom stereocenters. The van der Waals surface area contributed by atoms with Crippen molar-refractivity contribution in [2.75, 3.05) is 13.7 Å². The fourth-order valence-electron chi connectivity index (χ4n) is 3.85. The Morgan fingerprint density at radius 2 is 1.75 bits per heavy atom. The van der Waals surface area contributed by atoms with Crippen LogP contribution < -0.4 is 15.9 Å². The van der Waals surface area contributed by atoms with Crippen molar-refractivity contribution >= 4 is 39.6 Å². The van der Waals surface area contributed by atoms with Crippen molar-refractivity contribution in [2.45, 2.75) is 9.79 Å². The van der Waals surface area contributed by atoms with Crippen LogP contribution in [-0.4, -0.2) is 29.4 Å². The van der Waals surface area contributed by atoms with Crippen LogP contribution in [0.15, 0.2) is 103 Å². The van der Waals surface area contributed by atoms with Gasteiger partial charge in [-0.05, 0) is 42.5 Å². The average Bonchev–Trinajstić information content (AvgIpc) is 2.90. The summed E-state index contributed by atoms with van der Waals surface area (Å²) in [5.41, 5.74) is -0.138. The summed E-state index contributed by atoms with van der Waals surface area (Å²) < 4.78 is 17.1. The molecule has 5 aromatic rings. The summed E-state index contributed by atoms with van der Waals surface area (Å²) in [5, 5.41) is 11.6. The Kier molecular flexibility index (Phi) is 6.22. The number of fused-ring (bicyclic) bond motifs is 3. The number of methoxy groups -OCH3 is 1. The SMILES string of the molecule is COC(=O)COc1cccc(Sc2c(O)c3c(=O)n(-c4ccccc4)c4ccccc4c3oc2=O)c1. The van der Waals surface area contributed by atoms with Crippen LogP contribution in [0.3, 0.4) is 0 Å². The van der Waals surface area contributed by atoms with E-state index in [9.17, 15) is 19.5 Å². The van der Waals surface area contributed by atoms with Gasteiger partial charge in [0.15, 0.2) is 17.9 Å². The number of rotatable bonds is 6. The molecule has 0 bridgehead atoms. The second-order valence-electron chi connectivity index (χ2n) is 7.71. The number of aromatic hydroxyl groups is 1. The van der Waals surface area contributed by atoms with Crippen LogP contribution in [0.2, 0.25) is 0 Å². The van der Waals surface area contributed by atoms with Crippen LogP contribution in [0.25, 0.3) is 27.6 Å². The van der Waals surface area contributed by atoms with Crippen LogP contribution in [0.4, 0.5) is 0 Å². The summed E-state index contributed by atoms with van der Waals surface area (Å²) in [6.45, 7) is -0.278. The standard InChI is InChI=1S/C27H19NO7S/c1-33-21(29)15-34-17-10-7-11-18(14-17)36-25-23(30)22-24(35-27(25)32)19-12-5-6-13-20(19)28(26(22)31)16-8-3-2-4-9-16/h2-14,30H,15H2,1H3. The van der Waals surface area contributed by atoms with E-state index >= 15 is 0 Å². The fraction of sp³-hybridized carbons (Fsp3) is 0.0741. The maximum Gasteiger partial charge on any atom is 0.354 e. The van der Waals surface area contributed by atoms with E-state index in [2.05, 4.69) is 4.74 Å². The van der Waals surface area contributed by atoms with Crippen LogP contribution in [-0.2, 0) is 9.53 Å². The van der Waals surface area contributed by atoms with E-state index in [-0.39, 0.29) is 22.5 Å². The second-order valence-corrected chi connectivity index (χ2v) is 8.79. The van der Waals surface area contributed by atoms with Gasteiger partial charge in [-0.25, -0.2) is 9.59 Å². The lowest BCUT2D eigenvalue weighted by Crippen LogP contribution is -2.20. The van der Waals surface area contributed by atoms with Crippen LogP contribution >= 0.6 is 11.8 Å². The lowest BCUT2D eigenvalue weighted by molar-refractivity contribution is -0.142. The lowest BCUT2D eigenvalue weighted by atomic mass is 10.1. The number of hydrogen-bond donors (Lipinski definition) is 1. The highest BCUT2D eigenvalue weighted by Crippen LogP contribution is 2.38. The van der Waals surface area contributed by atoms with Crippen molar-refractivity contribution in [1.82, 2.24) is 4.57 Å². The maximum atomic E-state index is 13.7. The third kappa shape index (κ3) is 4.20. The third-order valence-electron chi connectivity index (χ3n) is 5.49. The molecule has 2 aromatic heterocycles. The molecule has 0 spiro atoms. The summed E-state index contributed by atoms with van der Waals surface area (Å²) in [6, 6.07) is 22.7. The van der Waals surface area contributed by atoms with Gasteiger partial charge in [-0.1, -0.05) is 48.2 Å². The summed E-state index contributed by atoms with van der Waals surface area (Å²) in [6.07, 6.45) is 0. The number of carbonyl (C=O) groups excluding carboxylic acids is 1. The summed E-state index contributed by atoms with van der Waals surface area (Å²) >= 11 is 0.925. The van der Waals surface area contributed by atoms with E-state index in [1.807, 2.05) is 18.2 Å². The number of aromatic nitrogens is 1. The first-order chi connectivity index (χ1) is 17.5. The Balaban J connectivity index is 1.67. The van der Waals surface area contributed by atoms with Crippen LogP contribution in [0.1, 0.15) is 0 Å². The number of ether oxygens (including phenoxy) is 2. The molecule has 0 fully saturated rings. The molecule has 0 aliphatic carbocycles. The molecule has 0 aliphatic rings. The Morgan fingerprint density at radius 3 is 2.53 bits per heavy atom. The van der Waals surface area contributed by atoms with Gasteiger partial charge in [-0.15, -0.1) is 0 Å². The van der Waals surface area contributed by atoms with E-state index in [1.54, 1.807) is 60.7 Å². The van der Waals surface area contributed by atoms with E-state index in [0.29, 0.717) is 27.2 Å². The molecule has 0 atom stereocenters. The van der Waals surface area contributed by atoms with Gasteiger partial charge in [0, 0.05) is 16.0 Å². The Bertz CT molecular complexity index is 1720. The van der Waals surface area contributed by atoms with E-state index in [4.69, 9.17) is 9.15 Å². The van der Waals surface area contributed by atoms with Gasteiger partial charge in [-0.2, -0.15) is 0 Å². The predicted octanol–water partition coefficient (Wildman–Crippen LogP) is 4.51. The van der Waals surface area contributed by atoms with Crippen LogP contribution in [0, 0.1) is 0 Å². The zero-order chi connectivity index (χ0) is 25.2. The fourth-order valence-corrected chi connectivity index (χ4v) is 4.73. The topological polar surface area (TPSA) is 108 Å². The van der Waals surface area contributed by atoms with Gasteiger partial charge in [0.2, 0.25) is 0 Å². The number of carbonyl (C=O) groups is 1. The van der Waals surface area contributed by atoms with Crippen LogP contribution in [0.5, 0.6) is 11.5 Å². The van der Waals surface area contributed by atoms with Crippen molar-refractivity contribution in [3.63, 3.8) is 0 Å². The molecule has 0 radical (unpaired) electrons. The van der Waals surface area contributed by atoms with Gasteiger partial charge in [0.25, 0.3) is 5.56 Å². The molecule has 180 valence electrons. The summed E-state index contributed by atoms with van der Waals surface area (Å²) in [4.78, 5) is 38.4. The highest BCUT2D eigenvalue weighted by molar-refractivity contribution is 7.99. The normalized spacial score (nSPS) is 11.0. The zero-order valence-corrected chi connectivity index (χ0v) is 19.8. The molecule has 1 N–H and O–H groups in total. The Morgan fingerprint density at radius 1 is 1.00 bits per heavy atom. The largest absolute Gasteiger partial charge is 0.505 e. The van der Waals surface area contributed by atoms with Crippen molar-refractivity contribution in [3.05, 3.63) is 99.6 Å². The van der Waals surface area contributed by atoms with Crippen molar-refractivity contribution in [3.8, 4) is 17.2 Å². The first-order valence-corrected chi connectivity index (χ1v) is 11.7. The molecule has 8 nitrogen and oxygen atoms in total. The first kappa shape index (κ1) is 23.3. The third-order valence-corrected chi connectivity index (χ3v) is 6.54. The van der Waals surface area contributed by atoms with Gasteiger partial charge >= 0.3 is 11.6 Å². The quantitative estimate of drug-likeness (QED) is 0.268. The van der Waals surface area contributed by atoms with Gasteiger partial charge in [0.1, 0.15) is 16.0 Å². The molecular formula is C27H19NO7S. The number of hydrogen-bond acceptors (Lipinski definition) is 8. The minimum absolute atomic E-state index is 0.0183. The lowest BCUT2D eigenvalue weighted by Gasteiger charge is -2.14. The molecule has 0 amide bonds. The van der Waals surface area contributed by atoms with Gasteiger partial charge < -0.3 is 19.0 Å². The van der Waals surface area contributed by atoms with E-state index in [1.165, 1.54) is 11.7 Å². The van der Waals surface area contributed by atoms with Crippen molar-refractivity contribution < 1.29 is 23.8 Å². The van der Waals surface area contributed by atoms with Crippen molar-refractivity contribution in [1.29, 1.82) is 0 Å². The second kappa shape index (κ2) is 9.63. The maximum absolute atomic E-state index is 13.7. The van der Waals surface area contributed by atoms with Crippen molar-refractivity contribution in [2.24, 2.45) is 0 Å². The molecule has 9 heteroatoms. The summed E-state index contributed by atoms with van der Waals surface area (Å²) in [7, 11) is 1.26. The monoisotopic (exact) mass is 501 g/mol. The Hall–Kier alpha value is -4.50. The van der Waals surface area contributed by atoms with E-state index in [0.717, 1.165) is 11.8 Å². The van der Waals surface area contributed by atoms with Gasteiger partial charge in [-0.3, -0.25) is 9.36 Å². The number of esters is 1. The van der Waals surface area contributed by atoms with Gasteiger partial charge in [0.05, 0.1) is 12.6 Å². The highest BCUT2D eigenvalue weighted by Gasteiger charge is 2.23. The first-order valence-electron chi connectivity index (χ1n) is 10.8. The molecule has 0 saturated carbocycles. The number of pyridine rings is 1. The highest BCUT2D eigenvalue weighted by atomic mass is 32.2. The Labute approximate surface area is 208 Å². The molecule has 2 heterocycles. The molecule has 0 saturated heterocycles. The molecule has 5 rings (SSSR count). The molecular weight excluding hydrogens is 482 g/mol. The predicted molar refractivity (Wildman–Crippen MR) is 135 cm³/mol. The number of benzene rings is 3. The zero-order valence-electron chi connectivity index (χ0n) is 19.0. The summed E-state index contributed by atoms with van der Waals surface area (Å²) in [5.74, 6) is -0.636. The number of nitrogens with zero attached hydrogens (tertiary/aromatic N) is 1. The molecule has 3 aromatic carbocycles. The average molecular weight is 502 g/mol. The smallest absolute Gasteiger partial charge is 0.354 e. The molecule has 0 aliphatic heterocycles. The minimum atomic E-state index is -0.784. The minimum Gasteiger partial charge on any atom is -0.505 e. The molecule has 36 heavy (non-hydrogen) atoms. The van der Waals surface area contributed by atoms with E-state index < -0.39 is 22.9 Å². The number of para-hydroxylation sites is 2.